The first kappa shape index (κ1) is 12.3. The first-order valence-corrected chi connectivity index (χ1v) is 6.80. The van der Waals surface area contributed by atoms with Crippen molar-refractivity contribution in [2.24, 2.45) is 0 Å². The molecule has 1 saturated heterocycles. The van der Waals surface area contributed by atoms with Crippen LogP contribution in [0.3, 0.4) is 0 Å². The minimum atomic E-state index is -0.561. The Hall–Kier alpha value is -1.78. The van der Waals surface area contributed by atoms with E-state index in [-0.39, 0.29) is 0 Å². The number of benzene rings is 2. The molecule has 0 aliphatic carbocycles. The lowest BCUT2D eigenvalue weighted by molar-refractivity contribution is 0.672. The Morgan fingerprint density at radius 3 is 1.58 bits per heavy atom. The SMILES string of the molecule is S=C1NC(=S)C(c2ccccc2)(c2ccccc2)N1. The monoisotopic (exact) mass is 284 g/mol. The van der Waals surface area contributed by atoms with Crippen molar-refractivity contribution in [2.75, 3.05) is 0 Å². The van der Waals surface area contributed by atoms with Crippen LogP contribution in [-0.2, 0) is 5.54 Å². The molecule has 3 rings (SSSR count). The molecular weight excluding hydrogens is 272 g/mol. The fourth-order valence-electron chi connectivity index (χ4n) is 2.40. The molecule has 1 fully saturated rings. The second-order valence-electron chi connectivity index (χ2n) is 4.39. The summed E-state index contributed by atoms with van der Waals surface area (Å²) in [6.07, 6.45) is 0. The normalized spacial score (nSPS) is 16.8. The van der Waals surface area contributed by atoms with Crippen LogP contribution in [0, 0.1) is 0 Å². The van der Waals surface area contributed by atoms with Crippen LogP contribution in [0.15, 0.2) is 60.7 Å². The molecule has 2 aromatic carbocycles. The van der Waals surface area contributed by atoms with Crippen LogP contribution in [0.5, 0.6) is 0 Å². The first-order valence-electron chi connectivity index (χ1n) is 5.98. The van der Waals surface area contributed by atoms with Gasteiger partial charge in [-0.05, 0) is 23.3 Å². The Morgan fingerprint density at radius 2 is 1.21 bits per heavy atom. The number of nitrogens with one attached hydrogen (secondary N) is 2. The quantitative estimate of drug-likeness (QED) is 0.828. The van der Waals surface area contributed by atoms with Gasteiger partial charge in [0.2, 0.25) is 0 Å². The molecule has 0 spiro atoms. The summed E-state index contributed by atoms with van der Waals surface area (Å²) in [6, 6.07) is 20.2. The lowest BCUT2D eigenvalue weighted by Crippen LogP contribution is -2.44. The topological polar surface area (TPSA) is 24.1 Å². The zero-order valence-corrected chi connectivity index (χ0v) is 11.7. The van der Waals surface area contributed by atoms with Crippen LogP contribution in [0.25, 0.3) is 0 Å². The van der Waals surface area contributed by atoms with Gasteiger partial charge in [0.25, 0.3) is 0 Å². The van der Waals surface area contributed by atoms with Crippen LogP contribution in [0.4, 0.5) is 0 Å². The van der Waals surface area contributed by atoms with E-state index in [1.807, 2.05) is 36.4 Å². The van der Waals surface area contributed by atoms with Gasteiger partial charge in [-0.2, -0.15) is 0 Å². The molecule has 0 amide bonds. The molecule has 4 heteroatoms. The van der Waals surface area contributed by atoms with E-state index in [1.54, 1.807) is 0 Å². The van der Waals surface area contributed by atoms with E-state index in [2.05, 4.69) is 34.9 Å². The third-order valence-electron chi connectivity index (χ3n) is 3.28. The van der Waals surface area contributed by atoms with Crippen molar-refractivity contribution in [2.45, 2.75) is 5.54 Å². The lowest BCUT2D eigenvalue weighted by Gasteiger charge is -2.29. The molecular formula is C15H12N2S2. The van der Waals surface area contributed by atoms with E-state index >= 15 is 0 Å². The van der Waals surface area contributed by atoms with E-state index < -0.39 is 5.54 Å². The van der Waals surface area contributed by atoms with E-state index in [0.717, 1.165) is 11.1 Å². The zero-order chi connectivity index (χ0) is 13.3. The lowest BCUT2D eigenvalue weighted by atomic mass is 9.83. The maximum atomic E-state index is 5.53. The summed E-state index contributed by atoms with van der Waals surface area (Å²) in [7, 11) is 0. The predicted octanol–water partition coefficient (Wildman–Crippen LogP) is 2.74. The maximum absolute atomic E-state index is 5.53. The molecule has 2 N–H and O–H groups in total. The highest BCUT2D eigenvalue weighted by Gasteiger charge is 2.44. The van der Waals surface area contributed by atoms with Gasteiger partial charge in [0.15, 0.2) is 5.11 Å². The van der Waals surface area contributed by atoms with Crippen molar-refractivity contribution < 1.29 is 0 Å². The zero-order valence-electron chi connectivity index (χ0n) is 10.1. The van der Waals surface area contributed by atoms with Crippen molar-refractivity contribution in [3.05, 3.63) is 71.8 Å². The molecule has 19 heavy (non-hydrogen) atoms. The molecule has 2 nitrogen and oxygen atoms in total. The number of hydrogen-bond donors (Lipinski definition) is 2. The van der Waals surface area contributed by atoms with Crippen LogP contribution in [0.1, 0.15) is 11.1 Å². The summed E-state index contributed by atoms with van der Waals surface area (Å²) in [5.41, 5.74) is 1.60. The third-order valence-corrected chi connectivity index (χ3v) is 3.89. The Morgan fingerprint density at radius 1 is 0.737 bits per heavy atom. The summed E-state index contributed by atoms with van der Waals surface area (Å²) >= 11 is 10.8. The van der Waals surface area contributed by atoms with Crippen LogP contribution in [0.2, 0.25) is 0 Å². The fourth-order valence-corrected chi connectivity index (χ4v) is 3.11. The average molecular weight is 284 g/mol. The van der Waals surface area contributed by atoms with E-state index in [1.165, 1.54) is 0 Å². The van der Waals surface area contributed by atoms with Crippen molar-refractivity contribution in [3.8, 4) is 0 Å². The fraction of sp³-hybridized carbons (Fsp3) is 0.0667. The molecule has 94 valence electrons. The first-order chi connectivity index (χ1) is 9.23. The standard InChI is InChI=1S/C15H12N2S2/c18-13-15(17-14(19)16-13,11-7-3-1-4-8-11)12-9-5-2-6-10-12/h1-10H,(H2,16,17,18,19). The number of rotatable bonds is 2. The van der Waals surface area contributed by atoms with Crippen molar-refractivity contribution in [1.29, 1.82) is 0 Å². The highest BCUT2D eigenvalue weighted by atomic mass is 32.1. The van der Waals surface area contributed by atoms with Crippen molar-refractivity contribution in [1.82, 2.24) is 10.6 Å². The highest BCUT2D eigenvalue weighted by Crippen LogP contribution is 2.33. The summed E-state index contributed by atoms with van der Waals surface area (Å²) in [4.78, 5) is 0.690. The van der Waals surface area contributed by atoms with Gasteiger partial charge in [0.05, 0.1) is 0 Å². The van der Waals surface area contributed by atoms with Gasteiger partial charge in [-0.15, -0.1) is 0 Å². The average Bonchev–Trinajstić information content (AvgIpc) is 2.76. The Balaban J connectivity index is 2.23. The van der Waals surface area contributed by atoms with Crippen LogP contribution in [-0.4, -0.2) is 10.1 Å². The summed E-state index contributed by atoms with van der Waals surface area (Å²) in [6.45, 7) is 0. The van der Waals surface area contributed by atoms with E-state index in [4.69, 9.17) is 24.4 Å². The molecule has 0 atom stereocenters. The van der Waals surface area contributed by atoms with Gasteiger partial charge in [-0.25, -0.2) is 0 Å². The van der Waals surface area contributed by atoms with Gasteiger partial charge in [0.1, 0.15) is 10.5 Å². The smallest absolute Gasteiger partial charge is 0.172 e. The largest absolute Gasteiger partial charge is 0.343 e. The molecule has 0 radical (unpaired) electrons. The minimum absolute atomic E-state index is 0.561. The minimum Gasteiger partial charge on any atom is -0.343 e. The molecule has 1 aliphatic heterocycles. The Bertz CT molecular complexity index is 584. The summed E-state index contributed by atoms with van der Waals surface area (Å²) in [5.74, 6) is 0. The highest BCUT2D eigenvalue weighted by molar-refractivity contribution is 7.82. The van der Waals surface area contributed by atoms with Gasteiger partial charge in [-0.1, -0.05) is 72.9 Å². The second-order valence-corrected chi connectivity index (χ2v) is 5.21. The van der Waals surface area contributed by atoms with Gasteiger partial charge in [-0.3, -0.25) is 0 Å². The Kier molecular flexibility index (Phi) is 3.05. The molecule has 1 heterocycles. The maximum Gasteiger partial charge on any atom is 0.172 e. The van der Waals surface area contributed by atoms with Crippen molar-refractivity contribution in [3.63, 3.8) is 0 Å². The molecule has 0 aromatic heterocycles. The molecule has 1 aliphatic rings. The molecule has 0 bridgehead atoms. The van der Waals surface area contributed by atoms with Crippen molar-refractivity contribution >= 4 is 34.5 Å². The van der Waals surface area contributed by atoms with E-state index in [0.29, 0.717) is 10.1 Å². The predicted molar refractivity (Wildman–Crippen MR) is 85.1 cm³/mol. The Labute approximate surface area is 122 Å². The molecule has 0 saturated carbocycles. The second kappa shape index (κ2) is 4.72. The number of thiocarbonyl (C=S) groups is 2. The molecule has 0 unspecified atom stereocenters. The number of hydrogen-bond acceptors (Lipinski definition) is 2. The van der Waals surface area contributed by atoms with E-state index in [9.17, 15) is 0 Å². The summed E-state index contributed by atoms with van der Waals surface area (Å²) in [5, 5.41) is 6.95. The van der Waals surface area contributed by atoms with Crippen LogP contribution < -0.4 is 10.6 Å². The van der Waals surface area contributed by atoms with Crippen LogP contribution >= 0.6 is 24.4 Å². The van der Waals surface area contributed by atoms with Gasteiger partial charge in [0, 0.05) is 0 Å². The molecule has 2 aromatic rings. The van der Waals surface area contributed by atoms with Gasteiger partial charge >= 0.3 is 0 Å². The van der Waals surface area contributed by atoms with Gasteiger partial charge < -0.3 is 10.6 Å². The third kappa shape index (κ3) is 1.93. The summed E-state index contributed by atoms with van der Waals surface area (Å²) < 4.78 is 0.